The van der Waals surface area contributed by atoms with Gasteiger partial charge in [0.05, 0.1) is 21.9 Å². The summed E-state index contributed by atoms with van der Waals surface area (Å²) >= 11 is 2.24. The fourth-order valence-corrected chi connectivity index (χ4v) is 5.92. The van der Waals surface area contributed by atoms with Crippen LogP contribution in [0.5, 0.6) is 11.5 Å². The molecule has 0 saturated heterocycles. The first-order valence-corrected chi connectivity index (χ1v) is 13.4. The molecule has 5 rings (SSSR count). The first-order valence-electron chi connectivity index (χ1n) is 12.3. The Morgan fingerprint density at radius 1 is 1.14 bits per heavy atom. The first-order chi connectivity index (χ1) is 17.6. The maximum atomic E-state index is 5.78. The molecule has 0 fully saturated rings. The summed E-state index contributed by atoms with van der Waals surface area (Å²) in [5.41, 5.74) is 7.13. The van der Waals surface area contributed by atoms with Crippen LogP contribution in [-0.2, 0) is 0 Å². The lowest BCUT2D eigenvalue weighted by Crippen LogP contribution is -2.29. The van der Waals surface area contributed by atoms with E-state index in [-0.39, 0.29) is 12.6 Å². The number of allylic oxidation sites excluding steroid dienone is 2. The molecule has 0 aromatic heterocycles. The molecule has 0 bridgehead atoms. The summed E-state index contributed by atoms with van der Waals surface area (Å²) in [6.45, 7) is 4.86. The normalized spacial score (nSPS) is 19.9. The van der Waals surface area contributed by atoms with Crippen molar-refractivity contribution in [3.63, 3.8) is 0 Å². The third kappa shape index (κ3) is 5.01. The number of nitrogens with zero attached hydrogens (tertiary/aromatic N) is 1. The zero-order valence-electron chi connectivity index (χ0n) is 20.5. The molecule has 36 heavy (non-hydrogen) atoms. The number of nitrogens with one attached hydrogen (secondary N) is 1. The monoisotopic (exact) mass is 588 g/mol. The number of anilines is 1. The molecular formula is C31H29IN2O2. The summed E-state index contributed by atoms with van der Waals surface area (Å²) in [4.78, 5) is 4.72. The highest BCUT2D eigenvalue weighted by Crippen LogP contribution is 2.50. The Labute approximate surface area is 227 Å². The Morgan fingerprint density at radius 3 is 2.75 bits per heavy atom. The highest BCUT2D eigenvalue weighted by molar-refractivity contribution is 14.1. The van der Waals surface area contributed by atoms with Crippen molar-refractivity contribution in [3.8, 4) is 23.8 Å². The maximum Gasteiger partial charge on any atom is 0.175 e. The maximum absolute atomic E-state index is 5.78. The molecule has 1 aliphatic carbocycles. The lowest BCUT2D eigenvalue weighted by Gasteiger charge is -2.37. The van der Waals surface area contributed by atoms with Crippen molar-refractivity contribution in [2.24, 2.45) is 10.9 Å². The zero-order valence-corrected chi connectivity index (χ0v) is 22.7. The number of hydrogen-bond donors (Lipinski definition) is 1. The van der Waals surface area contributed by atoms with Gasteiger partial charge in [0.2, 0.25) is 0 Å². The third-order valence-electron chi connectivity index (χ3n) is 6.76. The van der Waals surface area contributed by atoms with Crippen molar-refractivity contribution in [1.82, 2.24) is 0 Å². The first kappa shape index (κ1) is 24.5. The van der Waals surface area contributed by atoms with Gasteiger partial charge < -0.3 is 14.8 Å². The smallest absolute Gasteiger partial charge is 0.175 e. The van der Waals surface area contributed by atoms with Crippen LogP contribution in [-0.4, -0.2) is 19.4 Å². The number of aliphatic imine (C=N–C) groups is 1. The lowest BCUT2D eigenvalue weighted by molar-refractivity contribution is 0.298. The molecule has 0 radical (unpaired) electrons. The number of terminal acetylenes is 1. The van der Waals surface area contributed by atoms with E-state index in [2.05, 4.69) is 95.4 Å². The highest BCUT2D eigenvalue weighted by atomic mass is 127. The van der Waals surface area contributed by atoms with E-state index in [9.17, 15) is 0 Å². The molecule has 0 amide bonds. The standard InChI is InChI=1S/C31H29IN2O2/c1-4-15-36-31-27(32)17-21(18-29(31)35-5-2)19-33-23-12-10-22(11-13-23)30-25-8-6-7-24(25)26-16-20(3)9-14-28(26)34-30/h1,6-7,9-14,16-19,24-25,30,34H,5,8,15H2,2-3H3/t24-,25+,30-/m0/s1. The van der Waals surface area contributed by atoms with Gasteiger partial charge in [-0.3, -0.25) is 4.99 Å². The molecule has 3 aromatic rings. The zero-order chi connectivity index (χ0) is 25.1. The molecule has 1 N–H and O–H groups in total. The van der Waals surface area contributed by atoms with Gasteiger partial charge >= 0.3 is 0 Å². The van der Waals surface area contributed by atoms with Gasteiger partial charge in [-0.15, -0.1) is 6.42 Å². The average Bonchev–Trinajstić information content (AvgIpc) is 3.38. The number of rotatable bonds is 7. The predicted octanol–water partition coefficient (Wildman–Crippen LogP) is 7.59. The molecule has 3 aromatic carbocycles. The van der Waals surface area contributed by atoms with E-state index < -0.39 is 0 Å². The number of halogens is 1. The Balaban J connectivity index is 1.35. The Kier molecular flexibility index (Phi) is 7.33. The minimum atomic E-state index is 0.203. The second kappa shape index (κ2) is 10.8. The fraction of sp³-hybridized carbons (Fsp3) is 0.258. The van der Waals surface area contributed by atoms with Crippen LogP contribution in [0.4, 0.5) is 11.4 Å². The van der Waals surface area contributed by atoms with Gasteiger partial charge in [-0.2, -0.15) is 0 Å². The summed E-state index contributed by atoms with van der Waals surface area (Å²) in [6.07, 6.45) is 13.0. The number of hydrogen-bond acceptors (Lipinski definition) is 4. The second-order valence-corrected chi connectivity index (χ2v) is 10.3. The Hall–Kier alpha value is -3.24. The van der Waals surface area contributed by atoms with E-state index in [1.54, 1.807) is 0 Å². The van der Waals surface area contributed by atoms with Gasteiger partial charge in [0.1, 0.15) is 6.61 Å². The summed E-state index contributed by atoms with van der Waals surface area (Å²) < 4.78 is 12.4. The molecule has 0 spiro atoms. The third-order valence-corrected chi connectivity index (χ3v) is 7.57. The molecule has 3 atom stereocenters. The minimum Gasteiger partial charge on any atom is -0.490 e. The minimum absolute atomic E-state index is 0.203. The van der Waals surface area contributed by atoms with Crippen LogP contribution >= 0.6 is 22.6 Å². The number of fused-ring (bicyclic) bond motifs is 3. The molecule has 0 unspecified atom stereocenters. The van der Waals surface area contributed by atoms with E-state index in [0.29, 0.717) is 29.9 Å². The number of ether oxygens (including phenoxy) is 2. The van der Waals surface area contributed by atoms with Crippen molar-refractivity contribution >= 4 is 40.2 Å². The van der Waals surface area contributed by atoms with E-state index in [1.165, 1.54) is 22.4 Å². The van der Waals surface area contributed by atoms with Gasteiger partial charge in [0, 0.05) is 17.8 Å². The van der Waals surface area contributed by atoms with Gasteiger partial charge in [-0.05, 0) is 95.8 Å². The van der Waals surface area contributed by atoms with E-state index in [0.717, 1.165) is 21.2 Å². The summed E-state index contributed by atoms with van der Waals surface area (Å²) in [7, 11) is 0. The molecule has 1 aliphatic heterocycles. The van der Waals surface area contributed by atoms with Crippen LogP contribution in [0.3, 0.4) is 0 Å². The van der Waals surface area contributed by atoms with E-state index in [4.69, 9.17) is 20.9 Å². The predicted molar refractivity (Wildman–Crippen MR) is 156 cm³/mol. The van der Waals surface area contributed by atoms with Crippen LogP contribution in [0.2, 0.25) is 0 Å². The quantitative estimate of drug-likeness (QED) is 0.134. The van der Waals surface area contributed by atoms with Gasteiger partial charge in [0.15, 0.2) is 11.5 Å². The average molecular weight is 588 g/mol. The molecule has 0 saturated carbocycles. The van der Waals surface area contributed by atoms with E-state index in [1.807, 2.05) is 25.3 Å². The largest absolute Gasteiger partial charge is 0.490 e. The Bertz CT molecular complexity index is 1350. The molecule has 182 valence electrons. The number of benzene rings is 3. The van der Waals surface area contributed by atoms with Crippen molar-refractivity contribution in [2.45, 2.75) is 32.2 Å². The SMILES string of the molecule is C#CCOc1c(I)cc(C=Nc2ccc([C@@H]3Nc4ccc(C)cc4[C@H]4C=CC[C@H]43)cc2)cc1OCC. The lowest BCUT2D eigenvalue weighted by atomic mass is 9.76. The summed E-state index contributed by atoms with van der Waals surface area (Å²) in [6, 6.07) is 19.6. The second-order valence-electron chi connectivity index (χ2n) is 9.17. The molecule has 4 nitrogen and oxygen atoms in total. The summed E-state index contributed by atoms with van der Waals surface area (Å²) in [5, 5.41) is 3.82. The van der Waals surface area contributed by atoms with Crippen molar-refractivity contribution in [1.29, 1.82) is 0 Å². The molecule has 5 heteroatoms. The Morgan fingerprint density at radius 2 is 1.97 bits per heavy atom. The van der Waals surface area contributed by atoms with Crippen LogP contribution < -0.4 is 14.8 Å². The van der Waals surface area contributed by atoms with Crippen molar-refractivity contribution in [3.05, 3.63) is 92.6 Å². The van der Waals surface area contributed by atoms with Gasteiger partial charge in [-0.1, -0.05) is 47.9 Å². The van der Waals surface area contributed by atoms with Crippen LogP contribution in [0.15, 0.2) is 71.7 Å². The topological polar surface area (TPSA) is 42.8 Å². The molecule has 2 aliphatic rings. The van der Waals surface area contributed by atoms with Gasteiger partial charge in [0.25, 0.3) is 0 Å². The highest BCUT2D eigenvalue weighted by Gasteiger charge is 2.37. The molecule has 1 heterocycles. The number of aryl methyl sites for hydroxylation is 1. The van der Waals surface area contributed by atoms with Crippen LogP contribution in [0.25, 0.3) is 0 Å². The van der Waals surface area contributed by atoms with Crippen LogP contribution in [0.1, 0.15) is 47.6 Å². The molecular weight excluding hydrogens is 559 g/mol. The summed E-state index contributed by atoms with van der Waals surface area (Å²) in [5.74, 6) is 4.86. The van der Waals surface area contributed by atoms with Gasteiger partial charge in [-0.25, -0.2) is 0 Å². The van der Waals surface area contributed by atoms with Crippen molar-refractivity contribution < 1.29 is 9.47 Å². The van der Waals surface area contributed by atoms with Crippen LogP contribution in [0, 0.1) is 28.8 Å². The van der Waals surface area contributed by atoms with Crippen molar-refractivity contribution in [2.75, 3.05) is 18.5 Å². The van der Waals surface area contributed by atoms with E-state index >= 15 is 0 Å². The fourth-order valence-electron chi connectivity index (χ4n) is 5.14.